The molecule has 67 heavy (non-hydrogen) atoms. The molecule has 0 atom stereocenters. The third-order valence-electron chi connectivity index (χ3n) is 12.5. The van der Waals surface area contributed by atoms with E-state index in [0.29, 0.717) is 33.7 Å². The van der Waals surface area contributed by atoms with Gasteiger partial charge in [-0.05, 0) is 110 Å². The van der Waals surface area contributed by atoms with Crippen molar-refractivity contribution in [1.29, 1.82) is 0 Å². The molecule has 5 heteroatoms. The Balaban J connectivity index is 0.00000711. The summed E-state index contributed by atoms with van der Waals surface area (Å²) in [5.41, 5.74) is 14.2. The molecule has 0 fully saturated rings. The number of rotatable bonds is 10. The predicted molar refractivity (Wildman–Crippen MR) is 278 cm³/mol. The number of phenols is 1. The zero-order valence-electron chi connectivity index (χ0n) is 45.6. The maximum Gasteiger partial charge on any atom is 0.148 e. The Morgan fingerprint density at radius 2 is 1.28 bits per heavy atom. The van der Waals surface area contributed by atoms with Crippen LogP contribution in [0.5, 0.6) is 5.75 Å². The molecule has 0 aliphatic rings. The van der Waals surface area contributed by atoms with Gasteiger partial charge in [-0.3, -0.25) is 9.55 Å². The third-order valence-corrected chi connectivity index (χ3v) is 12.5. The van der Waals surface area contributed by atoms with Gasteiger partial charge in [0.2, 0.25) is 0 Å². The zero-order chi connectivity index (χ0) is 51.7. The van der Waals surface area contributed by atoms with E-state index in [9.17, 15) is 9.22 Å². The number of phenolic OH excluding ortho intramolecular Hbond substituents is 1. The molecule has 2 aromatic heterocycles. The van der Waals surface area contributed by atoms with Crippen molar-refractivity contribution in [3.05, 3.63) is 192 Å². The Morgan fingerprint density at radius 1 is 0.597 bits per heavy atom. The van der Waals surface area contributed by atoms with Crippen molar-refractivity contribution >= 4 is 11.0 Å². The van der Waals surface area contributed by atoms with Crippen LogP contribution < -0.4 is 0 Å². The summed E-state index contributed by atoms with van der Waals surface area (Å²) in [4.78, 5) is 10.4. The summed E-state index contributed by atoms with van der Waals surface area (Å²) in [5.74, 6) is -3.00. The molecule has 9 rings (SSSR count). The summed E-state index contributed by atoms with van der Waals surface area (Å²) in [6.45, 7) is 15.3. The van der Waals surface area contributed by atoms with E-state index < -0.39 is 24.5 Å². The number of imidazole rings is 1. The van der Waals surface area contributed by atoms with Gasteiger partial charge in [0.15, 0.2) is 0 Å². The second-order valence-electron chi connectivity index (χ2n) is 19.0. The number of aryl methyl sites for hydroxylation is 1. The predicted octanol–water partition coefficient (Wildman–Crippen LogP) is 16.9. The number of fused-ring (bicyclic) bond motifs is 1. The van der Waals surface area contributed by atoms with E-state index >= 15 is 0 Å². The van der Waals surface area contributed by atoms with Crippen LogP contribution in [0.25, 0.3) is 83.9 Å². The summed E-state index contributed by atoms with van der Waals surface area (Å²) >= 11 is 0. The van der Waals surface area contributed by atoms with E-state index in [2.05, 4.69) is 87.5 Å². The Morgan fingerprint density at radius 3 is 1.99 bits per heavy atom. The van der Waals surface area contributed by atoms with Crippen LogP contribution in [-0.2, 0) is 26.5 Å². The van der Waals surface area contributed by atoms with Crippen molar-refractivity contribution in [3.8, 4) is 78.6 Å². The first kappa shape index (κ1) is 39.8. The van der Waals surface area contributed by atoms with Crippen LogP contribution in [0.2, 0.25) is 0 Å². The van der Waals surface area contributed by atoms with Crippen LogP contribution in [0.15, 0.2) is 158 Å². The van der Waals surface area contributed by atoms with E-state index in [-0.39, 0.29) is 37.8 Å². The molecule has 0 radical (unpaired) electrons. The summed E-state index contributed by atoms with van der Waals surface area (Å²) in [5, 5.41) is 12.4. The number of pyridine rings is 1. The number of hydrogen-bond donors (Lipinski definition) is 1. The summed E-state index contributed by atoms with van der Waals surface area (Å²) < 4.78 is 53.6. The fraction of sp³-hybridized carbons (Fsp3) is 0.226. The van der Waals surface area contributed by atoms with E-state index in [0.717, 1.165) is 66.8 Å². The monoisotopic (exact) mass is 1060 g/mol. The van der Waals surface area contributed by atoms with Crippen molar-refractivity contribution in [2.45, 2.75) is 92.3 Å². The molecule has 2 heterocycles. The molecule has 1 N–H and O–H groups in total. The maximum absolute atomic E-state index is 12.4. The smallest absolute Gasteiger partial charge is 0.148 e. The summed E-state index contributed by atoms with van der Waals surface area (Å²) in [6.07, 6.45) is 1.75. The number of aromatic hydroxyl groups is 1. The van der Waals surface area contributed by atoms with Crippen LogP contribution in [-0.4, -0.2) is 19.6 Å². The number of aromatic nitrogens is 3. The minimum absolute atomic E-state index is 0. The van der Waals surface area contributed by atoms with Gasteiger partial charge < -0.3 is 5.11 Å². The molecule has 0 saturated carbocycles. The summed E-state index contributed by atoms with van der Waals surface area (Å²) in [7, 11) is 0. The van der Waals surface area contributed by atoms with Gasteiger partial charge in [-0.25, -0.2) is 4.98 Å². The fourth-order valence-electron chi connectivity index (χ4n) is 9.00. The third kappa shape index (κ3) is 9.34. The number of benzene rings is 7. The topological polar surface area (TPSA) is 50.9 Å². The Kier molecular flexibility index (Phi) is 11.3. The largest absolute Gasteiger partial charge is 0.507 e. The Labute approximate surface area is 420 Å². The number of para-hydroxylation sites is 1. The van der Waals surface area contributed by atoms with E-state index in [1.54, 1.807) is 52.1 Å². The first-order valence-corrected chi connectivity index (χ1v) is 22.6. The fourth-order valence-corrected chi connectivity index (χ4v) is 9.00. The SMILES string of the molecule is [2H]C([2H])([2H])c1ccc(-c2ccnc(-c3[c-]c(-c4cccc5c4nc(-c4cc(C([2H])(C)C)cc(C([2H])(C)C)c4O)n5-c4ccc(-c5ccccc5C(C)(C)C)c(C([2H])(C)C)c4)cc(-c4ccccc4)c3)c2)cc1.[Pt]. The van der Waals surface area contributed by atoms with Crippen LogP contribution in [0.3, 0.4) is 0 Å². The molecule has 0 aliphatic heterocycles. The van der Waals surface area contributed by atoms with Crippen molar-refractivity contribution in [3.63, 3.8) is 0 Å². The van der Waals surface area contributed by atoms with Gasteiger partial charge in [0.05, 0.1) is 16.6 Å². The molecule has 0 amide bonds. The van der Waals surface area contributed by atoms with Gasteiger partial charge in [-0.1, -0.05) is 194 Å². The molecule has 4 nitrogen and oxygen atoms in total. The zero-order valence-corrected chi connectivity index (χ0v) is 41.9. The van der Waals surface area contributed by atoms with Gasteiger partial charge >= 0.3 is 0 Å². The van der Waals surface area contributed by atoms with Crippen LogP contribution in [0.1, 0.15) is 116 Å². The van der Waals surface area contributed by atoms with Gasteiger partial charge in [0, 0.05) is 46.9 Å². The van der Waals surface area contributed by atoms with Crippen molar-refractivity contribution in [2.24, 2.45) is 0 Å². The molecule has 0 saturated heterocycles. The molecule has 0 unspecified atom stereocenters. The first-order chi connectivity index (χ1) is 33.8. The molecular formula is C62H60N3OPt-. The maximum atomic E-state index is 12.4. The van der Waals surface area contributed by atoms with Crippen LogP contribution >= 0.6 is 0 Å². The first-order valence-electron chi connectivity index (χ1n) is 25.6. The molecule has 0 bridgehead atoms. The molecular weight excluding hydrogens is 998 g/mol. The van der Waals surface area contributed by atoms with Gasteiger partial charge in [0.25, 0.3) is 0 Å². The second-order valence-corrected chi connectivity index (χ2v) is 19.0. The average Bonchev–Trinajstić information content (AvgIpc) is 3.72. The number of hydrogen-bond acceptors (Lipinski definition) is 3. The molecule has 7 aromatic carbocycles. The quantitative estimate of drug-likeness (QED) is 0.139. The van der Waals surface area contributed by atoms with E-state index in [1.165, 1.54) is 5.56 Å². The Bertz CT molecular complexity index is 3500. The molecule has 9 aromatic rings. The minimum Gasteiger partial charge on any atom is -0.507 e. The Hall–Kier alpha value is -6.35. The second kappa shape index (κ2) is 19.1. The van der Waals surface area contributed by atoms with Gasteiger partial charge in [-0.2, -0.15) is 0 Å². The molecule has 0 spiro atoms. The van der Waals surface area contributed by atoms with Gasteiger partial charge in [-0.15, -0.1) is 23.8 Å². The normalized spacial score (nSPS) is 13.7. The minimum atomic E-state index is -2.21. The van der Waals surface area contributed by atoms with Crippen LogP contribution in [0.4, 0.5) is 0 Å². The van der Waals surface area contributed by atoms with Crippen LogP contribution in [0, 0.1) is 12.9 Å². The molecule has 340 valence electrons. The van der Waals surface area contributed by atoms with Crippen molar-refractivity contribution < 1.29 is 34.4 Å². The standard InChI is InChI=1S/C62H60N3O.Pt/c1-38(2)45-34-54(40(5)6)60(66)55(35-45)61-64-59-50(20-16-22-58(59)65(61)49-27-28-51(53(37-49)39(3)4)52-19-14-15-21-56(52)62(8,9)10)47-31-46(42-17-12-11-13-18-42)32-48(33-47)57-36-44(29-30-63-57)43-25-23-41(7)24-26-43;/h11-32,34-40,66H,1-10H3;/q-1;/i7D3,38D,39D,40D;. The average molecular weight is 1060 g/mol. The van der Waals surface area contributed by atoms with E-state index in [1.807, 2.05) is 91.2 Å². The number of nitrogens with zero attached hydrogens (tertiary/aromatic N) is 3. The summed E-state index contributed by atoms with van der Waals surface area (Å²) in [6, 6.07) is 53.1. The molecule has 0 aliphatic carbocycles. The van der Waals surface area contributed by atoms with Crippen molar-refractivity contribution in [1.82, 2.24) is 14.5 Å². The van der Waals surface area contributed by atoms with Gasteiger partial charge in [0.1, 0.15) is 11.6 Å². The van der Waals surface area contributed by atoms with E-state index in [4.69, 9.17) is 14.1 Å². The van der Waals surface area contributed by atoms with Crippen molar-refractivity contribution in [2.75, 3.05) is 0 Å².